The normalized spacial score (nSPS) is 41.6. The zero-order chi connectivity index (χ0) is 26.1. The highest BCUT2D eigenvalue weighted by Gasteiger charge is 2.62. The molecule has 7 heteroatoms. The maximum atomic E-state index is 12.0. The molecule has 2 amide bonds. The Balaban J connectivity index is 1.25. The Morgan fingerprint density at radius 3 is 1.67 bits per heavy atom. The van der Waals surface area contributed by atoms with Crippen molar-refractivity contribution in [2.24, 2.45) is 34.5 Å². The van der Waals surface area contributed by atoms with Gasteiger partial charge in [0.25, 0.3) is 11.8 Å². The quantitative estimate of drug-likeness (QED) is 0.164. The van der Waals surface area contributed by atoms with Crippen LogP contribution in [-0.4, -0.2) is 40.2 Å². The number of imide groups is 1. The summed E-state index contributed by atoms with van der Waals surface area (Å²) >= 11 is 0. The molecule has 0 aromatic rings. The molecule has 7 nitrogen and oxygen atoms in total. The van der Waals surface area contributed by atoms with Gasteiger partial charge in [-0.05, 0) is 100 Å². The summed E-state index contributed by atoms with van der Waals surface area (Å²) in [6.07, 6.45) is 10.1. The Morgan fingerprint density at radius 1 is 0.833 bits per heavy atom. The van der Waals surface area contributed by atoms with E-state index in [9.17, 15) is 9.59 Å². The Bertz CT molecular complexity index is 872. The van der Waals surface area contributed by atoms with Gasteiger partial charge in [0.15, 0.2) is 0 Å². The molecular weight excluding hydrogens is 458 g/mol. The van der Waals surface area contributed by atoms with Crippen molar-refractivity contribution < 1.29 is 29.1 Å². The molecule has 202 valence electrons. The number of fused-ring (bicyclic) bond motifs is 4. The minimum Gasteiger partial charge on any atom is -0.275 e. The highest BCUT2D eigenvalue weighted by Crippen LogP contribution is 2.65. The minimum atomic E-state index is -1.17. The van der Waals surface area contributed by atoms with Gasteiger partial charge in [-0.1, -0.05) is 27.7 Å². The number of hydrogen-bond donors (Lipinski definition) is 0. The summed E-state index contributed by atoms with van der Waals surface area (Å²) in [5.74, 6) is 0.672. The summed E-state index contributed by atoms with van der Waals surface area (Å²) < 4.78 is 0. The summed E-state index contributed by atoms with van der Waals surface area (Å²) in [6, 6.07) is 0. The first kappa shape index (κ1) is 26.3. The second kappa shape index (κ2) is 8.62. The van der Waals surface area contributed by atoms with Crippen LogP contribution in [0.2, 0.25) is 0 Å². The van der Waals surface area contributed by atoms with Crippen molar-refractivity contribution in [1.29, 1.82) is 0 Å². The molecule has 0 radical (unpaired) electrons. The van der Waals surface area contributed by atoms with Crippen LogP contribution in [0.25, 0.3) is 0 Å². The Hall–Kier alpha value is -1.28. The van der Waals surface area contributed by atoms with Gasteiger partial charge in [0.2, 0.25) is 5.79 Å². The van der Waals surface area contributed by atoms with E-state index in [0.29, 0.717) is 31.2 Å². The standard InChI is InChI=1S/C29H45NO6/c1-25(2)19-11-14-27(5,21(25)17-19)33-35-29(7,13-8-16-30-23(31)9-10-24(30)32)36-34-28(6)15-12-20-18-22(28)26(20,3)4/h9-10,19-22H,8,11-18H2,1-7H3. The van der Waals surface area contributed by atoms with Gasteiger partial charge < -0.3 is 0 Å². The number of amides is 2. The number of nitrogens with zero attached hydrogens (tertiary/aromatic N) is 1. The van der Waals surface area contributed by atoms with E-state index in [4.69, 9.17) is 19.6 Å². The largest absolute Gasteiger partial charge is 0.275 e. The summed E-state index contributed by atoms with van der Waals surface area (Å²) in [6.45, 7) is 15.8. The fraction of sp³-hybridized carbons (Fsp3) is 0.862. The van der Waals surface area contributed by atoms with Crippen molar-refractivity contribution in [3.63, 3.8) is 0 Å². The Labute approximate surface area is 216 Å². The van der Waals surface area contributed by atoms with E-state index in [1.807, 2.05) is 6.92 Å². The van der Waals surface area contributed by atoms with E-state index in [2.05, 4.69) is 41.5 Å². The third-order valence-corrected chi connectivity index (χ3v) is 11.1. The predicted molar refractivity (Wildman–Crippen MR) is 134 cm³/mol. The Kier molecular flexibility index (Phi) is 6.30. The van der Waals surface area contributed by atoms with Gasteiger partial charge in [-0.25, -0.2) is 9.78 Å². The van der Waals surface area contributed by atoms with E-state index in [1.165, 1.54) is 29.9 Å². The molecule has 36 heavy (non-hydrogen) atoms. The molecule has 6 fully saturated rings. The average molecular weight is 504 g/mol. The van der Waals surface area contributed by atoms with Crippen LogP contribution in [0.3, 0.4) is 0 Å². The first-order valence-corrected chi connectivity index (χ1v) is 14.0. The molecule has 0 saturated heterocycles. The lowest BCUT2D eigenvalue weighted by Crippen LogP contribution is -2.62. The summed E-state index contributed by atoms with van der Waals surface area (Å²) in [5.41, 5.74) is -0.276. The Morgan fingerprint density at radius 2 is 1.28 bits per heavy atom. The molecule has 0 aromatic heterocycles. The highest BCUT2D eigenvalue weighted by molar-refractivity contribution is 6.12. The second-order valence-electron chi connectivity index (χ2n) is 14.0. The van der Waals surface area contributed by atoms with Gasteiger partial charge in [-0.3, -0.25) is 14.5 Å². The van der Waals surface area contributed by atoms with Crippen LogP contribution >= 0.6 is 0 Å². The molecule has 1 heterocycles. The third-order valence-electron chi connectivity index (χ3n) is 11.1. The molecule has 4 bridgehead atoms. The topological polar surface area (TPSA) is 74.3 Å². The number of rotatable bonds is 10. The minimum absolute atomic E-state index is 0.246. The van der Waals surface area contributed by atoms with Crippen LogP contribution in [0.4, 0.5) is 0 Å². The molecule has 7 aliphatic rings. The van der Waals surface area contributed by atoms with Crippen molar-refractivity contribution in [1.82, 2.24) is 4.90 Å². The SMILES string of the molecule is CC(CCCN1C(=O)C=CC1=O)(OOC1(C)CCC2CC1C2(C)C)OOC1(C)CCC2CC1C2(C)C. The lowest BCUT2D eigenvalue weighted by molar-refractivity contribution is -0.557. The number of carbonyl (C=O) groups excluding carboxylic acids is 2. The fourth-order valence-electron chi connectivity index (χ4n) is 8.23. The predicted octanol–water partition coefficient (Wildman–Crippen LogP) is 5.73. The molecule has 1 aliphatic heterocycles. The van der Waals surface area contributed by atoms with E-state index >= 15 is 0 Å². The van der Waals surface area contributed by atoms with Gasteiger partial charge in [-0.2, -0.15) is 9.78 Å². The van der Waals surface area contributed by atoms with Crippen LogP contribution in [0.15, 0.2) is 12.2 Å². The maximum absolute atomic E-state index is 12.0. The molecule has 7 rings (SSSR count). The monoisotopic (exact) mass is 503 g/mol. The van der Waals surface area contributed by atoms with Crippen LogP contribution in [0, 0.1) is 34.5 Å². The molecule has 6 atom stereocenters. The van der Waals surface area contributed by atoms with E-state index in [0.717, 1.165) is 37.5 Å². The summed E-state index contributed by atoms with van der Waals surface area (Å²) in [4.78, 5) is 50.1. The summed E-state index contributed by atoms with van der Waals surface area (Å²) in [5, 5.41) is 0. The van der Waals surface area contributed by atoms with Crippen LogP contribution < -0.4 is 0 Å². The first-order chi connectivity index (χ1) is 16.7. The molecule has 6 unspecified atom stereocenters. The van der Waals surface area contributed by atoms with Crippen molar-refractivity contribution in [2.75, 3.05) is 6.54 Å². The van der Waals surface area contributed by atoms with E-state index in [-0.39, 0.29) is 33.8 Å². The van der Waals surface area contributed by atoms with E-state index < -0.39 is 5.79 Å². The molecule has 0 spiro atoms. The van der Waals surface area contributed by atoms with Crippen LogP contribution in [0.5, 0.6) is 0 Å². The molecule has 6 saturated carbocycles. The zero-order valence-electron chi connectivity index (χ0n) is 23.2. The molecule has 0 aromatic carbocycles. The lowest BCUT2D eigenvalue weighted by Gasteiger charge is -2.63. The molecule has 6 aliphatic carbocycles. The van der Waals surface area contributed by atoms with Gasteiger partial charge in [0.05, 0.1) is 0 Å². The van der Waals surface area contributed by atoms with Crippen molar-refractivity contribution >= 4 is 11.8 Å². The average Bonchev–Trinajstić information content (AvgIpc) is 3.13. The third kappa shape index (κ3) is 4.18. The van der Waals surface area contributed by atoms with Gasteiger partial charge in [0.1, 0.15) is 11.2 Å². The first-order valence-electron chi connectivity index (χ1n) is 14.0. The van der Waals surface area contributed by atoms with Crippen molar-refractivity contribution in [3.05, 3.63) is 12.2 Å². The van der Waals surface area contributed by atoms with Gasteiger partial charge in [0, 0.05) is 25.1 Å². The number of carbonyl (C=O) groups is 2. The van der Waals surface area contributed by atoms with Crippen LogP contribution in [-0.2, 0) is 29.1 Å². The lowest BCUT2D eigenvalue weighted by atomic mass is 9.44. The summed E-state index contributed by atoms with van der Waals surface area (Å²) in [7, 11) is 0. The van der Waals surface area contributed by atoms with Crippen LogP contribution in [0.1, 0.15) is 99.8 Å². The van der Waals surface area contributed by atoms with Gasteiger partial charge >= 0.3 is 0 Å². The van der Waals surface area contributed by atoms with Crippen molar-refractivity contribution in [3.8, 4) is 0 Å². The highest BCUT2D eigenvalue weighted by atomic mass is 17.3. The second-order valence-corrected chi connectivity index (χ2v) is 14.0. The zero-order valence-corrected chi connectivity index (χ0v) is 23.2. The van der Waals surface area contributed by atoms with E-state index in [1.54, 1.807) is 0 Å². The fourth-order valence-corrected chi connectivity index (χ4v) is 8.23. The molecular formula is C29H45NO6. The number of hydrogen-bond acceptors (Lipinski definition) is 6. The molecule has 0 N–H and O–H groups in total. The van der Waals surface area contributed by atoms with Gasteiger partial charge in [-0.15, -0.1) is 0 Å². The smallest absolute Gasteiger partial charge is 0.253 e. The maximum Gasteiger partial charge on any atom is 0.253 e. The van der Waals surface area contributed by atoms with Crippen molar-refractivity contribution in [2.45, 2.75) is 117 Å².